The van der Waals surface area contributed by atoms with Crippen LogP contribution in [0.25, 0.3) is 0 Å². The molecule has 0 saturated heterocycles. The molecule has 0 heterocycles. The molecule has 0 bridgehead atoms. The van der Waals surface area contributed by atoms with Crippen molar-refractivity contribution in [1.82, 2.24) is 0 Å². The molecule has 5 nitrogen and oxygen atoms in total. The molecule has 0 aliphatic rings. The highest BCUT2D eigenvalue weighted by molar-refractivity contribution is 9.10. The molecule has 6 heteroatoms. The lowest BCUT2D eigenvalue weighted by Crippen LogP contribution is -2.21. The maximum absolute atomic E-state index is 12.0. The number of benzene rings is 2. The van der Waals surface area contributed by atoms with E-state index in [1.54, 1.807) is 31.2 Å². The molecular formula is C17H18BrN3O2. The minimum absolute atomic E-state index is 0.0650. The van der Waals surface area contributed by atoms with Crippen LogP contribution >= 0.6 is 15.9 Å². The van der Waals surface area contributed by atoms with Crippen molar-refractivity contribution in [2.75, 3.05) is 22.5 Å². The third-order valence-electron chi connectivity index (χ3n) is 3.03. The van der Waals surface area contributed by atoms with E-state index in [1.165, 1.54) is 0 Å². The zero-order valence-electron chi connectivity index (χ0n) is 12.7. The van der Waals surface area contributed by atoms with Gasteiger partial charge in [0, 0.05) is 28.0 Å². The first-order valence-corrected chi connectivity index (χ1v) is 8.05. The second kappa shape index (κ2) is 8.33. The predicted molar refractivity (Wildman–Crippen MR) is 96.6 cm³/mol. The quantitative estimate of drug-likeness (QED) is 0.717. The molecule has 0 radical (unpaired) electrons. The standard InChI is InChI=1S/C17H18BrN3O2/c1-2-16(22)20-14-7-4-8-15(10-14)21-17(23)11-19-13-6-3-5-12(18)9-13/h3-10,19H,2,11H2,1H3,(H,20,22)(H,21,23). The van der Waals surface area contributed by atoms with Crippen molar-refractivity contribution in [2.45, 2.75) is 13.3 Å². The van der Waals surface area contributed by atoms with Gasteiger partial charge in [-0.05, 0) is 36.4 Å². The Bertz CT molecular complexity index is 704. The molecule has 23 heavy (non-hydrogen) atoms. The van der Waals surface area contributed by atoms with Crippen molar-refractivity contribution in [2.24, 2.45) is 0 Å². The normalized spacial score (nSPS) is 10.0. The molecule has 2 amide bonds. The molecule has 2 aromatic rings. The molecule has 0 saturated carbocycles. The fourth-order valence-electron chi connectivity index (χ4n) is 1.91. The van der Waals surface area contributed by atoms with E-state index in [4.69, 9.17) is 0 Å². The number of carbonyl (C=O) groups excluding carboxylic acids is 2. The number of nitrogens with one attached hydrogen (secondary N) is 3. The smallest absolute Gasteiger partial charge is 0.243 e. The van der Waals surface area contributed by atoms with Crippen LogP contribution in [-0.2, 0) is 9.59 Å². The van der Waals surface area contributed by atoms with Gasteiger partial charge in [-0.1, -0.05) is 35.0 Å². The van der Waals surface area contributed by atoms with Crippen LogP contribution in [0.4, 0.5) is 17.1 Å². The Balaban J connectivity index is 1.90. The van der Waals surface area contributed by atoms with Crippen LogP contribution in [0.3, 0.4) is 0 Å². The molecule has 0 spiro atoms. The third-order valence-corrected chi connectivity index (χ3v) is 3.52. The second-order valence-corrected chi connectivity index (χ2v) is 5.81. The zero-order valence-corrected chi connectivity index (χ0v) is 14.3. The first kappa shape index (κ1) is 17.0. The van der Waals surface area contributed by atoms with Crippen LogP contribution in [0.1, 0.15) is 13.3 Å². The van der Waals surface area contributed by atoms with E-state index in [-0.39, 0.29) is 18.4 Å². The Labute approximate surface area is 143 Å². The van der Waals surface area contributed by atoms with Gasteiger partial charge in [-0.3, -0.25) is 9.59 Å². The van der Waals surface area contributed by atoms with Crippen LogP contribution in [0.5, 0.6) is 0 Å². The van der Waals surface area contributed by atoms with Gasteiger partial charge in [-0.15, -0.1) is 0 Å². The van der Waals surface area contributed by atoms with Gasteiger partial charge < -0.3 is 16.0 Å². The number of hydrogen-bond donors (Lipinski definition) is 3. The average molecular weight is 376 g/mol. The maximum Gasteiger partial charge on any atom is 0.243 e. The van der Waals surface area contributed by atoms with E-state index < -0.39 is 0 Å². The number of hydrogen-bond acceptors (Lipinski definition) is 3. The van der Waals surface area contributed by atoms with Crippen molar-refractivity contribution < 1.29 is 9.59 Å². The monoisotopic (exact) mass is 375 g/mol. The van der Waals surface area contributed by atoms with Gasteiger partial charge in [0.1, 0.15) is 0 Å². The van der Waals surface area contributed by atoms with Crippen molar-refractivity contribution >= 4 is 44.8 Å². The molecule has 0 atom stereocenters. The molecular weight excluding hydrogens is 358 g/mol. The Morgan fingerprint density at radius 3 is 2.17 bits per heavy atom. The van der Waals surface area contributed by atoms with Crippen LogP contribution in [0, 0.1) is 0 Å². The van der Waals surface area contributed by atoms with Crippen LogP contribution in [0.15, 0.2) is 53.0 Å². The Morgan fingerprint density at radius 2 is 1.52 bits per heavy atom. The molecule has 2 aromatic carbocycles. The van der Waals surface area contributed by atoms with Crippen molar-refractivity contribution in [3.8, 4) is 0 Å². The summed E-state index contributed by atoms with van der Waals surface area (Å²) in [6, 6.07) is 14.7. The molecule has 0 aromatic heterocycles. The van der Waals surface area contributed by atoms with Crippen LogP contribution in [-0.4, -0.2) is 18.4 Å². The SMILES string of the molecule is CCC(=O)Nc1cccc(NC(=O)CNc2cccc(Br)c2)c1. The summed E-state index contributed by atoms with van der Waals surface area (Å²) in [5, 5.41) is 8.60. The maximum atomic E-state index is 12.0. The van der Waals surface area contributed by atoms with Gasteiger partial charge in [0.15, 0.2) is 0 Å². The molecule has 2 rings (SSSR count). The minimum atomic E-state index is -0.163. The fourth-order valence-corrected chi connectivity index (χ4v) is 2.31. The summed E-state index contributed by atoms with van der Waals surface area (Å²) >= 11 is 3.38. The summed E-state index contributed by atoms with van der Waals surface area (Å²) < 4.78 is 0.947. The van der Waals surface area contributed by atoms with E-state index in [1.807, 2.05) is 24.3 Å². The van der Waals surface area contributed by atoms with Gasteiger partial charge >= 0.3 is 0 Å². The molecule has 0 fully saturated rings. The number of amides is 2. The van der Waals surface area contributed by atoms with Crippen LogP contribution < -0.4 is 16.0 Å². The van der Waals surface area contributed by atoms with Gasteiger partial charge in [-0.2, -0.15) is 0 Å². The molecule has 0 aliphatic heterocycles. The van der Waals surface area contributed by atoms with Crippen molar-refractivity contribution in [3.05, 3.63) is 53.0 Å². The first-order chi connectivity index (χ1) is 11.1. The predicted octanol–water partition coefficient (Wildman–Crippen LogP) is 3.85. The van der Waals surface area contributed by atoms with Crippen molar-refractivity contribution in [1.29, 1.82) is 0 Å². The average Bonchev–Trinajstić information content (AvgIpc) is 2.53. The van der Waals surface area contributed by atoms with E-state index in [0.717, 1.165) is 10.2 Å². The van der Waals surface area contributed by atoms with E-state index in [2.05, 4.69) is 31.9 Å². The summed E-state index contributed by atoms with van der Waals surface area (Å²) in [5.41, 5.74) is 2.16. The summed E-state index contributed by atoms with van der Waals surface area (Å²) in [7, 11) is 0. The molecule has 120 valence electrons. The summed E-state index contributed by atoms with van der Waals surface area (Å²) in [6.07, 6.45) is 0.410. The first-order valence-electron chi connectivity index (χ1n) is 7.26. The topological polar surface area (TPSA) is 70.2 Å². The van der Waals surface area contributed by atoms with E-state index in [9.17, 15) is 9.59 Å². The van der Waals surface area contributed by atoms with Gasteiger partial charge in [0.05, 0.1) is 6.54 Å². The van der Waals surface area contributed by atoms with Crippen molar-refractivity contribution in [3.63, 3.8) is 0 Å². The van der Waals surface area contributed by atoms with Crippen LogP contribution in [0.2, 0.25) is 0 Å². The highest BCUT2D eigenvalue weighted by Gasteiger charge is 2.04. The number of halogens is 1. The molecule has 0 unspecified atom stereocenters. The summed E-state index contributed by atoms with van der Waals surface area (Å²) in [4.78, 5) is 23.4. The fraction of sp³-hybridized carbons (Fsp3) is 0.176. The number of anilines is 3. The molecule has 3 N–H and O–H groups in total. The minimum Gasteiger partial charge on any atom is -0.376 e. The molecule has 0 aliphatic carbocycles. The lowest BCUT2D eigenvalue weighted by Gasteiger charge is -2.10. The van der Waals surface area contributed by atoms with Gasteiger partial charge in [0.25, 0.3) is 0 Å². The number of carbonyl (C=O) groups is 2. The van der Waals surface area contributed by atoms with Gasteiger partial charge in [0.2, 0.25) is 11.8 Å². The highest BCUT2D eigenvalue weighted by atomic mass is 79.9. The highest BCUT2D eigenvalue weighted by Crippen LogP contribution is 2.17. The van der Waals surface area contributed by atoms with E-state index in [0.29, 0.717) is 17.8 Å². The third kappa shape index (κ3) is 5.75. The van der Waals surface area contributed by atoms with Gasteiger partial charge in [-0.25, -0.2) is 0 Å². The lowest BCUT2D eigenvalue weighted by atomic mass is 10.2. The summed E-state index contributed by atoms with van der Waals surface area (Å²) in [6.45, 7) is 1.94. The Kier molecular flexibility index (Phi) is 6.17. The second-order valence-electron chi connectivity index (χ2n) is 4.89. The van der Waals surface area contributed by atoms with E-state index >= 15 is 0 Å². The zero-order chi connectivity index (χ0) is 16.7. The number of rotatable bonds is 6. The Morgan fingerprint density at radius 1 is 0.913 bits per heavy atom. The largest absolute Gasteiger partial charge is 0.376 e. The lowest BCUT2D eigenvalue weighted by molar-refractivity contribution is -0.116. The Hall–Kier alpha value is -2.34. The summed E-state index contributed by atoms with van der Waals surface area (Å²) in [5.74, 6) is -0.228.